The minimum Gasteiger partial charge on any atom is -0.472 e. The molecule has 1 atom stereocenters. The van der Waals surface area contributed by atoms with Crippen LogP contribution in [0.25, 0.3) is 0 Å². The molecule has 1 aromatic heterocycles. The van der Waals surface area contributed by atoms with Gasteiger partial charge >= 0.3 is 0 Å². The van der Waals surface area contributed by atoms with Crippen molar-refractivity contribution in [3.63, 3.8) is 0 Å². The van der Waals surface area contributed by atoms with Crippen LogP contribution in [-0.2, 0) is 19.4 Å². The van der Waals surface area contributed by atoms with Crippen LogP contribution in [0.4, 0.5) is 0 Å². The van der Waals surface area contributed by atoms with E-state index in [0.29, 0.717) is 11.8 Å². The first-order valence-electron chi connectivity index (χ1n) is 11.4. The van der Waals surface area contributed by atoms with Crippen molar-refractivity contribution >= 4 is 0 Å². The molecule has 2 aromatic carbocycles. The summed E-state index contributed by atoms with van der Waals surface area (Å²) in [6.45, 7) is 7.82. The predicted molar refractivity (Wildman–Crippen MR) is 120 cm³/mol. The van der Waals surface area contributed by atoms with E-state index < -0.39 is 0 Å². The molecule has 3 heteroatoms. The molecule has 1 fully saturated rings. The molecule has 0 amide bonds. The van der Waals surface area contributed by atoms with Gasteiger partial charge in [-0.2, -0.15) is 0 Å². The third kappa shape index (κ3) is 3.45. The summed E-state index contributed by atoms with van der Waals surface area (Å²) in [6, 6.07) is 15.3. The van der Waals surface area contributed by atoms with E-state index in [1.165, 1.54) is 40.7 Å². The van der Waals surface area contributed by atoms with E-state index in [0.717, 1.165) is 44.0 Å². The maximum absolute atomic E-state index is 6.41. The van der Waals surface area contributed by atoms with Crippen molar-refractivity contribution in [3.05, 3.63) is 82.8 Å². The monoisotopic (exact) mass is 401 g/mol. The fraction of sp³-hybridized carbons (Fsp3) is 0.407. The van der Waals surface area contributed by atoms with E-state index in [1.54, 1.807) is 6.26 Å². The third-order valence-corrected chi connectivity index (χ3v) is 7.02. The van der Waals surface area contributed by atoms with E-state index in [2.05, 4.69) is 61.2 Å². The van der Waals surface area contributed by atoms with Crippen molar-refractivity contribution in [2.75, 3.05) is 13.1 Å². The lowest BCUT2D eigenvalue weighted by Crippen LogP contribution is -2.36. The summed E-state index contributed by atoms with van der Waals surface area (Å²) < 4.78 is 11.7. The first-order chi connectivity index (χ1) is 14.8. The molecular formula is C27H31NO2. The highest BCUT2D eigenvalue weighted by Crippen LogP contribution is 2.51. The highest BCUT2D eigenvalue weighted by Gasteiger charge is 2.37. The molecule has 0 saturated carbocycles. The van der Waals surface area contributed by atoms with Gasteiger partial charge < -0.3 is 9.15 Å². The van der Waals surface area contributed by atoms with Gasteiger partial charge in [-0.05, 0) is 74.0 Å². The van der Waals surface area contributed by atoms with Gasteiger partial charge in [0.1, 0.15) is 11.5 Å². The van der Waals surface area contributed by atoms with Crippen molar-refractivity contribution in [2.45, 2.75) is 52.0 Å². The quantitative estimate of drug-likeness (QED) is 0.484. The maximum Gasteiger partial charge on any atom is 0.131 e. The molecule has 2 aliphatic heterocycles. The van der Waals surface area contributed by atoms with E-state index >= 15 is 0 Å². The molecule has 0 bridgehead atoms. The predicted octanol–water partition coefficient (Wildman–Crippen LogP) is 6.55. The lowest BCUT2D eigenvalue weighted by atomic mass is 9.72. The van der Waals surface area contributed by atoms with Crippen molar-refractivity contribution < 1.29 is 9.15 Å². The van der Waals surface area contributed by atoms with Crippen LogP contribution >= 0.6 is 0 Å². The summed E-state index contributed by atoms with van der Waals surface area (Å²) in [7, 11) is 0. The molecule has 156 valence electrons. The number of para-hydroxylation sites is 1. The van der Waals surface area contributed by atoms with Crippen LogP contribution in [0.3, 0.4) is 0 Å². The molecule has 1 unspecified atom stereocenters. The molecule has 3 heterocycles. The van der Waals surface area contributed by atoms with Crippen LogP contribution in [-0.4, -0.2) is 18.0 Å². The van der Waals surface area contributed by atoms with Crippen LogP contribution in [0, 0.1) is 5.92 Å². The minimum absolute atomic E-state index is 0.433. The maximum atomic E-state index is 6.41. The smallest absolute Gasteiger partial charge is 0.131 e. The number of fused-ring (bicyclic) bond motifs is 2. The Morgan fingerprint density at radius 3 is 2.50 bits per heavy atom. The lowest BCUT2D eigenvalue weighted by Gasteiger charge is -2.40. The molecule has 5 rings (SSSR count). The Kier molecular flexibility index (Phi) is 5.39. The standard InChI is InChI=1S/C27H31NO2/c1-3-20-9-10-25-27(22(20)4-2)26(23-7-5-6-8-24(23)30-25)21-11-14-28(15-12-21)17-19-13-16-29-18-19/h5-10,13,16,18,21,26H,3-4,11-12,14-15,17H2,1-2H3. The molecule has 0 N–H and O–H groups in total. The van der Waals surface area contributed by atoms with Crippen LogP contribution in [0.1, 0.15) is 60.4 Å². The zero-order valence-corrected chi connectivity index (χ0v) is 18.1. The highest BCUT2D eigenvalue weighted by atomic mass is 16.5. The number of hydrogen-bond acceptors (Lipinski definition) is 3. The Hall–Kier alpha value is -2.52. The first-order valence-corrected chi connectivity index (χ1v) is 11.4. The average Bonchev–Trinajstić information content (AvgIpc) is 3.30. The zero-order chi connectivity index (χ0) is 20.5. The Balaban J connectivity index is 1.47. The molecule has 0 spiro atoms. The lowest BCUT2D eigenvalue weighted by molar-refractivity contribution is 0.165. The van der Waals surface area contributed by atoms with Gasteiger partial charge in [-0.25, -0.2) is 0 Å². The Bertz CT molecular complexity index is 1000. The Morgan fingerprint density at radius 1 is 0.933 bits per heavy atom. The second kappa shape index (κ2) is 8.31. The number of nitrogens with zero attached hydrogens (tertiary/aromatic N) is 1. The summed E-state index contributed by atoms with van der Waals surface area (Å²) >= 11 is 0. The number of rotatable bonds is 5. The van der Waals surface area contributed by atoms with E-state index in [1.807, 2.05) is 6.26 Å². The van der Waals surface area contributed by atoms with Crippen molar-refractivity contribution in [3.8, 4) is 11.5 Å². The Labute approximate surface area is 179 Å². The SMILES string of the molecule is CCc1ccc2c(c1CC)C(C1CCN(Cc3ccoc3)CC1)c1ccccc1O2. The molecular weight excluding hydrogens is 370 g/mol. The van der Waals surface area contributed by atoms with Crippen LogP contribution in [0.15, 0.2) is 59.4 Å². The fourth-order valence-electron chi connectivity index (χ4n) is 5.55. The zero-order valence-electron chi connectivity index (χ0n) is 18.1. The summed E-state index contributed by atoms with van der Waals surface area (Å²) in [4.78, 5) is 2.57. The second-order valence-corrected chi connectivity index (χ2v) is 8.68. The fourth-order valence-corrected chi connectivity index (χ4v) is 5.55. The van der Waals surface area contributed by atoms with Gasteiger partial charge in [0.2, 0.25) is 0 Å². The number of furan rings is 1. The Morgan fingerprint density at radius 2 is 1.77 bits per heavy atom. The molecule has 3 nitrogen and oxygen atoms in total. The van der Waals surface area contributed by atoms with Crippen LogP contribution in [0.2, 0.25) is 0 Å². The summed E-state index contributed by atoms with van der Waals surface area (Å²) in [5.74, 6) is 3.20. The summed E-state index contributed by atoms with van der Waals surface area (Å²) in [5, 5.41) is 0. The number of likely N-dealkylation sites (tertiary alicyclic amines) is 1. The van der Waals surface area contributed by atoms with Gasteiger partial charge in [0.05, 0.1) is 12.5 Å². The number of aryl methyl sites for hydroxylation is 1. The molecule has 1 saturated heterocycles. The van der Waals surface area contributed by atoms with E-state index in [9.17, 15) is 0 Å². The van der Waals surface area contributed by atoms with Gasteiger partial charge in [0.25, 0.3) is 0 Å². The number of hydrogen-bond donors (Lipinski definition) is 0. The van der Waals surface area contributed by atoms with Crippen molar-refractivity contribution in [2.24, 2.45) is 5.92 Å². The molecule has 3 aromatic rings. The molecule has 2 aliphatic rings. The second-order valence-electron chi connectivity index (χ2n) is 8.68. The van der Waals surface area contributed by atoms with E-state index in [4.69, 9.17) is 9.15 Å². The van der Waals surface area contributed by atoms with Gasteiger partial charge in [-0.15, -0.1) is 0 Å². The third-order valence-electron chi connectivity index (χ3n) is 7.02. The first kappa shape index (κ1) is 19.4. The van der Waals surface area contributed by atoms with Crippen molar-refractivity contribution in [1.29, 1.82) is 0 Å². The van der Waals surface area contributed by atoms with Crippen LogP contribution in [0.5, 0.6) is 11.5 Å². The van der Waals surface area contributed by atoms with Gasteiger partial charge in [0.15, 0.2) is 0 Å². The average molecular weight is 402 g/mol. The van der Waals surface area contributed by atoms with Gasteiger partial charge in [-0.1, -0.05) is 38.1 Å². The summed E-state index contributed by atoms with van der Waals surface area (Å²) in [6.07, 6.45) is 8.22. The topological polar surface area (TPSA) is 25.6 Å². The van der Waals surface area contributed by atoms with Gasteiger partial charge in [-0.3, -0.25) is 4.90 Å². The molecule has 0 aliphatic carbocycles. The van der Waals surface area contributed by atoms with Crippen LogP contribution < -0.4 is 4.74 Å². The number of ether oxygens (including phenoxy) is 1. The van der Waals surface area contributed by atoms with Gasteiger partial charge in [0, 0.05) is 29.2 Å². The minimum atomic E-state index is 0.433. The summed E-state index contributed by atoms with van der Waals surface area (Å²) in [5.41, 5.74) is 7.10. The largest absolute Gasteiger partial charge is 0.472 e. The number of piperidine rings is 1. The van der Waals surface area contributed by atoms with E-state index in [-0.39, 0.29) is 0 Å². The number of benzene rings is 2. The molecule has 0 radical (unpaired) electrons. The highest BCUT2D eigenvalue weighted by molar-refractivity contribution is 5.58. The van der Waals surface area contributed by atoms with Crippen molar-refractivity contribution in [1.82, 2.24) is 4.90 Å². The normalized spacial score (nSPS) is 19.2. The molecule has 30 heavy (non-hydrogen) atoms.